The second kappa shape index (κ2) is 7.85. The Morgan fingerprint density at radius 1 is 1.03 bits per heavy atom. The number of ether oxygens (including phenoxy) is 1. The van der Waals surface area contributed by atoms with Gasteiger partial charge in [0.2, 0.25) is 0 Å². The van der Waals surface area contributed by atoms with Crippen molar-refractivity contribution in [1.29, 1.82) is 0 Å². The van der Waals surface area contributed by atoms with Crippen LogP contribution in [-0.4, -0.2) is 40.8 Å². The lowest BCUT2D eigenvalue weighted by Gasteiger charge is -2.34. The van der Waals surface area contributed by atoms with Crippen LogP contribution in [0.2, 0.25) is 0 Å². The van der Waals surface area contributed by atoms with Crippen LogP contribution >= 0.6 is 11.3 Å². The molecular formula is C25H23NO4S. The average molecular weight is 434 g/mol. The number of amides is 1. The number of carbonyl (C=O) groups is 2. The van der Waals surface area contributed by atoms with E-state index in [4.69, 9.17) is 4.74 Å². The highest BCUT2D eigenvalue weighted by atomic mass is 32.1. The minimum absolute atomic E-state index is 0.0459. The Bertz CT molecular complexity index is 1080. The molecule has 1 fully saturated rings. The van der Waals surface area contributed by atoms with Crippen molar-refractivity contribution in [2.75, 3.05) is 13.2 Å². The Morgan fingerprint density at radius 2 is 1.71 bits per heavy atom. The van der Waals surface area contributed by atoms with Gasteiger partial charge in [-0.3, -0.25) is 4.90 Å². The van der Waals surface area contributed by atoms with E-state index in [0.717, 1.165) is 27.1 Å². The summed E-state index contributed by atoms with van der Waals surface area (Å²) in [5.41, 5.74) is 3.37. The molecule has 2 aliphatic rings. The summed E-state index contributed by atoms with van der Waals surface area (Å²) in [4.78, 5) is 27.8. The molecule has 1 N–H and O–H groups in total. The summed E-state index contributed by atoms with van der Waals surface area (Å²) in [6.07, 6.45) is 0.856. The van der Waals surface area contributed by atoms with Gasteiger partial charge in [-0.25, -0.2) is 9.59 Å². The van der Waals surface area contributed by atoms with E-state index >= 15 is 0 Å². The molecule has 0 spiro atoms. The molecule has 3 aromatic rings. The van der Waals surface area contributed by atoms with E-state index in [0.29, 0.717) is 25.8 Å². The van der Waals surface area contributed by atoms with Crippen LogP contribution in [0.4, 0.5) is 4.79 Å². The number of rotatable bonds is 5. The van der Waals surface area contributed by atoms with Gasteiger partial charge in [-0.15, -0.1) is 11.3 Å². The highest BCUT2D eigenvalue weighted by Crippen LogP contribution is 2.44. The largest absolute Gasteiger partial charge is 0.479 e. The van der Waals surface area contributed by atoms with Crippen LogP contribution in [0, 0.1) is 0 Å². The molecule has 6 heteroatoms. The van der Waals surface area contributed by atoms with Crippen LogP contribution in [0.15, 0.2) is 66.0 Å². The Hall–Kier alpha value is -3.12. The third-order valence-electron chi connectivity index (χ3n) is 6.49. The number of aliphatic carboxylic acids is 1. The number of carbonyl (C=O) groups excluding carboxylic acids is 1. The van der Waals surface area contributed by atoms with Gasteiger partial charge in [0.15, 0.2) is 0 Å². The molecule has 1 unspecified atom stereocenters. The Morgan fingerprint density at radius 3 is 2.32 bits per heavy atom. The maximum atomic E-state index is 13.1. The smallest absolute Gasteiger partial charge is 0.410 e. The summed E-state index contributed by atoms with van der Waals surface area (Å²) in [6, 6.07) is 20.2. The van der Waals surface area contributed by atoms with Gasteiger partial charge in [0.1, 0.15) is 12.1 Å². The minimum atomic E-state index is -1.24. The van der Waals surface area contributed by atoms with Crippen molar-refractivity contribution >= 4 is 23.4 Å². The van der Waals surface area contributed by atoms with Crippen LogP contribution in [-0.2, 0) is 16.0 Å². The van der Waals surface area contributed by atoms with Gasteiger partial charge in [0.25, 0.3) is 0 Å². The Kier molecular flexibility index (Phi) is 5.02. The van der Waals surface area contributed by atoms with Gasteiger partial charge in [-0.1, -0.05) is 54.6 Å². The van der Waals surface area contributed by atoms with E-state index < -0.39 is 17.6 Å². The number of likely N-dealkylation sites (tertiary alicyclic amines) is 1. The van der Waals surface area contributed by atoms with E-state index in [2.05, 4.69) is 24.3 Å². The number of fused-ring (bicyclic) bond motifs is 3. The van der Waals surface area contributed by atoms with E-state index in [-0.39, 0.29) is 12.5 Å². The summed E-state index contributed by atoms with van der Waals surface area (Å²) < 4.78 is 5.78. The fraction of sp³-hybridized carbons (Fsp3) is 0.280. The Labute approximate surface area is 184 Å². The molecule has 1 atom stereocenters. The average Bonchev–Trinajstić information content (AvgIpc) is 3.51. The van der Waals surface area contributed by atoms with Crippen LogP contribution in [0.3, 0.4) is 0 Å². The maximum absolute atomic E-state index is 13.1. The van der Waals surface area contributed by atoms with E-state index in [1.165, 1.54) is 16.2 Å². The molecule has 1 saturated heterocycles. The van der Waals surface area contributed by atoms with E-state index in [1.54, 1.807) is 0 Å². The minimum Gasteiger partial charge on any atom is -0.479 e. The zero-order valence-electron chi connectivity index (χ0n) is 17.0. The Balaban J connectivity index is 1.37. The molecule has 2 aromatic carbocycles. The van der Waals surface area contributed by atoms with Crippen molar-refractivity contribution in [3.63, 3.8) is 0 Å². The second-order valence-corrected chi connectivity index (χ2v) is 9.18. The standard InChI is InChI=1S/C25H23NO4S/c27-23(28)25(15-17-7-5-14-31-17)12-6-13-26(25)24(29)30-16-22-20-10-3-1-8-18(20)19-9-2-4-11-21(19)22/h1-5,7-11,14,22H,6,12-13,15-16H2,(H,27,28). The summed E-state index contributed by atoms with van der Waals surface area (Å²) in [5, 5.41) is 12.0. The zero-order chi connectivity index (χ0) is 21.4. The van der Waals surface area contributed by atoms with Gasteiger partial charge in [0, 0.05) is 23.8 Å². The van der Waals surface area contributed by atoms with Crippen molar-refractivity contribution in [2.24, 2.45) is 0 Å². The quantitative estimate of drug-likeness (QED) is 0.604. The predicted molar refractivity (Wildman–Crippen MR) is 119 cm³/mol. The van der Waals surface area contributed by atoms with Gasteiger partial charge in [0.05, 0.1) is 0 Å². The third-order valence-corrected chi connectivity index (χ3v) is 7.37. The third kappa shape index (κ3) is 3.31. The topological polar surface area (TPSA) is 66.8 Å². The van der Waals surface area contributed by atoms with Gasteiger partial charge < -0.3 is 9.84 Å². The number of carboxylic acid groups (broad SMARTS) is 1. The highest BCUT2D eigenvalue weighted by molar-refractivity contribution is 7.09. The molecule has 158 valence electrons. The molecule has 0 radical (unpaired) electrons. The molecule has 2 heterocycles. The number of hydrogen-bond acceptors (Lipinski definition) is 4. The SMILES string of the molecule is O=C(OCC1c2ccccc2-c2ccccc21)N1CCCC1(Cc1cccs1)C(=O)O. The number of thiophene rings is 1. The summed E-state index contributed by atoms with van der Waals surface area (Å²) in [5.74, 6) is -1.01. The van der Waals surface area contributed by atoms with Crippen molar-refractivity contribution in [3.8, 4) is 11.1 Å². The lowest BCUT2D eigenvalue weighted by Crippen LogP contribution is -2.54. The summed E-state index contributed by atoms with van der Waals surface area (Å²) in [7, 11) is 0. The number of benzene rings is 2. The highest BCUT2D eigenvalue weighted by Gasteiger charge is 2.51. The molecule has 1 aliphatic carbocycles. The molecule has 0 bridgehead atoms. The fourth-order valence-corrected chi connectivity index (χ4v) is 5.81. The summed E-state index contributed by atoms with van der Waals surface area (Å²) >= 11 is 1.52. The molecule has 5 nitrogen and oxygen atoms in total. The summed E-state index contributed by atoms with van der Waals surface area (Å²) in [6.45, 7) is 0.590. The van der Waals surface area contributed by atoms with E-state index in [1.807, 2.05) is 41.8 Å². The monoisotopic (exact) mass is 433 g/mol. The number of carboxylic acids is 1. The normalized spacial score (nSPS) is 19.8. The van der Waals surface area contributed by atoms with Gasteiger partial charge in [-0.05, 0) is 46.5 Å². The molecule has 1 aliphatic heterocycles. The number of nitrogens with zero attached hydrogens (tertiary/aromatic N) is 1. The number of hydrogen-bond donors (Lipinski definition) is 1. The molecule has 1 amide bonds. The van der Waals surface area contributed by atoms with Crippen LogP contribution in [0.1, 0.15) is 34.8 Å². The molecule has 31 heavy (non-hydrogen) atoms. The zero-order valence-corrected chi connectivity index (χ0v) is 17.8. The fourth-order valence-electron chi connectivity index (χ4n) is 5.00. The van der Waals surface area contributed by atoms with Crippen molar-refractivity contribution in [3.05, 3.63) is 82.0 Å². The first-order valence-corrected chi connectivity index (χ1v) is 11.4. The predicted octanol–water partition coefficient (Wildman–Crippen LogP) is 5.16. The molecule has 0 saturated carbocycles. The van der Waals surface area contributed by atoms with Gasteiger partial charge in [-0.2, -0.15) is 0 Å². The first-order valence-electron chi connectivity index (χ1n) is 10.5. The van der Waals surface area contributed by atoms with Crippen molar-refractivity contribution in [1.82, 2.24) is 4.90 Å². The first kappa shape index (κ1) is 19.8. The molecule has 5 rings (SSSR count). The van der Waals surface area contributed by atoms with Crippen LogP contribution in [0.25, 0.3) is 11.1 Å². The van der Waals surface area contributed by atoms with Gasteiger partial charge >= 0.3 is 12.1 Å². The van der Waals surface area contributed by atoms with E-state index in [9.17, 15) is 14.7 Å². The molecular weight excluding hydrogens is 410 g/mol. The van der Waals surface area contributed by atoms with Crippen LogP contribution in [0.5, 0.6) is 0 Å². The maximum Gasteiger partial charge on any atom is 0.410 e. The van der Waals surface area contributed by atoms with Crippen molar-refractivity contribution < 1.29 is 19.4 Å². The molecule has 1 aromatic heterocycles. The van der Waals surface area contributed by atoms with Crippen molar-refractivity contribution in [2.45, 2.75) is 30.7 Å². The van der Waals surface area contributed by atoms with Crippen LogP contribution < -0.4 is 0 Å². The second-order valence-electron chi connectivity index (χ2n) is 8.15. The lowest BCUT2D eigenvalue weighted by molar-refractivity contribution is -0.148. The first-order chi connectivity index (χ1) is 15.1. The lowest BCUT2D eigenvalue weighted by atomic mass is 9.91.